The van der Waals surface area contributed by atoms with Gasteiger partial charge in [-0.05, 0) is 36.4 Å². The predicted octanol–water partition coefficient (Wildman–Crippen LogP) is 1.49. The molecular formula is C12H13N3O2S. The molecule has 0 saturated heterocycles. The van der Waals surface area contributed by atoms with E-state index in [9.17, 15) is 8.42 Å². The van der Waals surface area contributed by atoms with Crippen LogP contribution in [-0.2, 0) is 10.0 Å². The van der Waals surface area contributed by atoms with Gasteiger partial charge in [-0.15, -0.1) is 0 Å². The summed E-state index contributed by atoms with van der Waals surface area (Å²) in [7, 11) is -2.06. The molecule has 0 fully saturated rings. The van der Waals surface area contributed by atoms with E-state index in [2.05, 4.69) is 4.98 Å². The molecule has 0 radical (unpaired) electrons. The Balaban J connectivity index is 2.40. The Bertz CT molecular complexity index is 624. The van der Waals surface area contributed by atoms with Crippen LogP contribution in [0.25, 0.3) is 0 Å². The second kappa shape index (κ2) is 4.66. The fourth-order valence-electron chi connectivity index (χ4n) is 1.49. The lowest BCUT2D eigenvalue weighted by atomic mass is 10.3. The zero-order chi connectivity index (χ0) is 13.2. The van der Waals surface area contributed by atoms with Crippen LogP contribution < -0.4 is 10.0 Å². The minimum atomic E-state index is -3.56. The van der Waals surface area contributed by atoms with Crippen molar-refractivity contribution < 1.29 is 8.42 Å². The molecule has 0 saturated carbocycles. The lowest BCUT2D eigenvalue weighted by Crippen LogP contribution is -2.26. The highest BCUT2D eigenvalue weighted by atomic mass is 32.2. The molecule has 1 aromatic carbocycles. The maximum atomic E-state index is 12.3. The third kappa shape index (κ3) is 2.28. The van der Waals surface area contributed by atoms with E-state index in [1.165, 1.54) is 23.5 Å². The number of rotatable bonds is 3. The number of anilines is 2. The SMILES string of the molecule is CN(c1ccncc1)S(=O)(=O)c1ccc(N)cc1. The van der Waals surface area contributed by atoms with Crippen LogP contribution in [0.15, 0.2) is 53.7 Å². The summed E-state index contributed by atoms with van der Waals surface area (Å²) in [6.07, 6.45) is 3.09. The Kier molecular flexibility index (Phi) is 3.20. The molecule has 5 nitrogen and oxygen atoms in total. The van der Waals surface area contributed by atoms with Gasteiger partial charge in [-0.2, -0.15) is 0 Å². The van der Waals surface area contributed by atoms with Crippen LogP contribution in [-0.4, -0.2) is 20.4 Å². The molecule has 94 valence electrons. The lowest BCUT2D eigenvalue weighted by Gasteiger charge is -2.19. The molecule has 0 aliphatic rings. The van der Waals surface area contributed by atoms with Crippen molar-refractivity contribution in [3.8, 4) is 0 Å². The summed E-state index contributed by atoms with van der Waals surface area (Å²) in [6, 6.07) is 9.37. The number of sulfonamides is 1. The number of nitrogens with zero attached hydrogens (tertiary/aromatic N) is 2. The lowest BCUT2D eigenvalue weighted by molar-refractivity contribution is 0.594. The fourth-order valence-corrected chi connectivity index (χ4v) is 2.69. The van der Waals surface area contributed by atoms with Crippen LogP contribution >= 0.6 is 0 Å². The topological polar surface area (TPSA) is 76.3 Å². The first-order chi connectivity index (χ1) is 8.51. The van der Waals surface area contributed by atoms with Gasteiger partial charge < -0.3 is 5.73 Å². The number of aromatic nitrogens is 1. The van der Waals surface area contributed by atoms with E-state index in [0.717, 1.165) is 0 Å². The predicted molar refractivity (Wildman–Crippen MR) is 70.7 cm³/mol. The Morgan fingerprint density at radius 3 is 2.17 bits per heavy atom. The normalized spacial score (nSPS) is 11.2. The van der Waals surface area contributed by atoms with Crippen LogP contribution in [0.4, 0.5) is 11.4 Å². The van der Waals surface area contributed by atoms with Gasteiger partial charge in [0.1, 0.15) is 0 Å². The molecule has 0 aliphatic heterocycles. The van der Waals surface area contributed by atoms with Gasteiger partial charge in [-0.1, -0.05) is 0 Å². The minimum Gasteiger partial charge on any atom is -0.399 e. The van der Waals surface area contributed by atoms with Gasteiger partial charge in [-0.25, -0.2) is 8.42 Å². The quantitative estimate of drug-likeness (QED) is 0.851. The third-order valence-corrected chi connectivity index (χ3v) is 4.36. The molecule has 0 amide bonds. The van der Waals surface area contributed by atoms with Crippen LogP contribution in [0.2, 0.25) is 0 Å². The molecule has 2 aromatic rings. The molecule has 2 N–H and O–H groups in total. The van der Waals surface area contributed by atoms with Gasteiger partial charge in [0.05, 0.1) is 10.6 Å². The highest BCUT2D eigenvalue weighted by Crippen LogP contribution is 2.21. The zero-order valence-electron chi connectivity index (χ0n) is 9.82. The summed E-state index contributed by atoms with van der Waals surface area (Å²) in [4.78, 5) is 4.06. The number of pyridine rings is 1. The fraction of sp³-hybridized carbons (Fsp3) is 0.0833. The molecule has 0 atom stereocenters. The summed E-state index contributed by atoms with van der Waals surface area (Å²) in [5, 5.41) is 0. The molecule has 0 unspecified atom stereocenters. The summed E-state index contributed by atoms with van der Waals surface area (Å²) in [5.74, 6) is 0. The molecule has 1 heterocycles. The van der Waals surface area contributed by atoms with Gasteiger partial charge in [0.15, 0.2) is 0 Å². The van der Waals surface area contributed by atoms with Crippen molar-refractivity contribution in [2.45, 2.75) is 4.90 Å². The number of nitrogens with two attached hydrogens (primary N) is 1. The maximum absolute atomic E-state index is 12.3. The average molecular weight is 263 g/mol. The molecule has 0 bridgehead atoms. The molecular weight excluding hydrogens is 250 g/mol. The zero-order valence-corrected chi connectivity index (χ0v) is 10.6. The second-order valence-corrected chi connectivity index (χ2v) is 5.72. The van der Waals surface area contributed by atoms with Crippen LogP contribution in [0.3, 0.4) is 0 Å². The Hall–Kier alpha value is -2.08. The van der Waals surface area contributed by atoms with Crippen molar-refractivity contribution in [2.75, 3.05) is 17.1 Å². The van der Waals surface area contributed by atoms with E-state index in [-0.39, 0.29) is 4.90 Å². The molecule has 6 heteroatoms. The van der Waals surface area contributed by atoms with Crippen LogP contribution in [0.5, 0.6) is 0 Å². The van der Waals surface area contributed by atoms with Crippen LogP contribution in [0.1, 0.15) is 0 Å². The summed E-state index contributed by atoms with van der Waals surface area (Å²) >= 11 is 0. The molecule has 0 aliphatic carbocycles. The van der Waals surface area contributed by atoms with Gasteiger partial charge >= 0.3 is 0 Å². The third-order valence-electron chi connectivity index (χ3n) is 2.56. The Morgan fingerprint density at radius 1 is 1.06 bits per heavy atom. The van der Waals surface area contributed by atoms with E-state index >= 15 is 0 Å². The highest BCUT2D eigenvalue weighted by molar-refractivity contribution is 7.92. The van der Waals surface area contributed by atoms with Gasteiger partial charge in [0, 0.05) is 25.1 Å². The monoisotopic (exact) mass is 263 g/mol. The minimum absolute atomic E-state index is 0.205. The van der Waals surface area contributed by atoms with E-state index < -0.39 is 10.0 Å². The maximum Gasteiger partial charge on any atom is 0.264 e. The first-order valence-corrected chi connectivity index (χ1v) is 6.70. The van der Waals surface area contributed by atoms with Crippen molar-refractivity contribution in [1.82, 2.24) is 4.98 Å². The van der Waals surface area contributed by atoms with Crippen molar-refractivity contribution >= 4 is 21.4 Å². The molecule has 2 rings (SSSR count). The Morgan fingerprint density at radius 2 is 1.61 bits per heavy atom. The highest BCUT2D eigenvalue weighted by Gasteiger charge is 2.20. The summed E-state index contributed by atoms with van der Waals surface area (Å²) < 4.78 is 25.8. The molecule has 18 heavy (non-hydrogen) atoms. The first-order valence-electron chi connectivity index (χ1n) is 5.26. The first kappa shape index (κ1) is 12.4. The van der Waals surface area contributed by atoms with Crippen molar-refractivity contribution in [2.24, 2.45) is 0 Å². The van der Waals surface area contributed by atoms with Gasteiger partial charge in [0.25, 0.3) is 10.0 Å². The Labute approximate surface area is 106 Å². The van der Waals surface area contributed by atoms with E-state index in [0.29, 0.717) is 11.4 Å². The van der Waals surface area contributed by atoms with Gasteiger partial charge in [0.2, 0.25) is 0 Å². The van der Waals surface area contributed by atoms with Crippen molar-refractivity contribution in [3.05, 3.63) is 48.8 Å². The largest absolute Gasteiger partial charge is 0.399 e. The van der Waals surface area contributed by atoms with Crippen molar-refractivity contribution in [3.63, 3.8) is 0 Å². The standard InChI is InChI=1S/C12H13N3O2S/c1-15(11-6-8-14-9-7-11)18(16,17)12-4-2-10(13)3-5-12/h2-9H,13H2,1H3. The van der Waals surface area contributed by atoms with E-state index in [1.54, 1.807) is 36.7 Å². The molecule has 1 aromatic heterocycles. The smallest absolute Gasteiger partial charge is 0.264 e. The molecule has 0 spiro atoms. The van der Waals surface area contributed by atoms with E-state index in [4.69, 9.17) is 5.73 Å². The van der Waals surface area contributed by atoms with Gasteiger partial charge in [-0.3, -0.25) is 9.29 Å². The van der Waals surface area contributed by atoms with Crippen LogP contribution in [0, 0.1) is 0 Å². The van der Waals surface area contributed by atoms with Crippen molar-refractivity contribution in [1.29, 1.82) is 0 Å². The summed E-state index contributed by atoms with van der Waals surface area (Å²) in [5.41, 5.74) is 6.63. The number of benzene rings is 1. The van der Waals surface area contributed by atoms with E-state index in [1.807, 2.05) is 0 Å². The summed E-state index contributed by atoms with van der Waals surface area (Å²) in [6.45, 7) is 0. The number of hydrogen-bond acceptors (Lipinski definition) is 4. The number of hydrogen-bond donors (Lipinski definition) is 1. The average Bonchev–Trinajstić information content (AvgIpc) is 2.39. The number of nitrogen functional groups attached to an aromatic ring is 1. The second-order valence-electron chi connectivity index (χ2n) is 3.75.